The lowest BCUT2D eigenvalue weighted by atomic mass is 10.0. The molecule has 1 fully saturated rings. The molecule has 0 spiro atoms. The summed E-state index contributed by atoms with van der Waals surface area (Å²) in [6.45, 7) is 4.81. The van der Waals surface area contributed by atoms with E-state index in [1.54, 1.807) is 18.2 Å². The van der Waals surface area contributed by atoms with Gasteiger partial charge < -0.3 is 24.8 Å². The molecule has 6 heteroatoms. The molecule has 1 saturated heterocycles. The predicted octanol–water partition coefficient (Wildman–Crippen LogP) is -1.22. The maximum atomic E-state index is 11.3. The summed E-state index contributed by atoms with van der Waals surface area (Å²) in [4.78, 5) is 19.9. The molecular weight excluding hydrogens is 318 g/mol. The Kier molecular flexibility index (Phi) is 4.31. The number of aliphatic hydroxyl groups is 1. The van der Waals surface area contributed by atoms with Crippen molar-refractivity contribution in [1.82, 2.24) is 4.98 Å². The summed E-state index contributed by atoms with van der Waals surface area (Å²) in [5, 5.41) is 21.4. The third kappa shape index (κ3) is 2.96. The third-order valence-electron chi connectivity index (χ3n) is 5.47. The molecule has 2 heterocycles. The third-order valence-corrected chi connectivity index (χ3v) is 5.47. The van der Waals surface area contributed by atoms with Crippen LogP contribution < -0.4 is 14.9 Å². The number of rotatable bonds is 4. The van der Waals surface area contributed by atoms with Crippen LogP contribution in [0.5, 0.6) is 0 Å². The molecule has 1 aliphatic heterocycles. The van der Waals surface area contributed by atoms with Crippen LogP contribution in [-0.2, 0) is 12.8 Å². The number of quaternary nitrogens is 1. The second-order valence-electron chi connectivity index (χ2n) is 6.97. The lowest BCUT2D eigenvalue weighted by molar-refractivity contribution is -0.900. The quantitative estimate of drug-likeness (QED) is 0.729. The van der Waals surface area contributed by atoms with Crippen molar-refractivity contribution in [1.29, 1.82) is 0 Å². The van der Waals surface area contributed by atoms with E-state index in [-0.39, 0.29) is 12.2 Å². The number of nitrogens with one attached hydrogen (secondary N) is 1. The zero-order chi connectivity index (χ0) is 17.4. The molecule has 132 valence electrons. The number of carboxylic acid groups (broad SMARTS) is 1. The molecule has 0 radical (unpaired) electrons. The van der Waals surface area contributed by atoms with E-state index in [9.17, 15) is 9.90 Å². The van der Waals surface area contributed by atoms with E-state index in [1.807, 2.05) is 0 Å². The van der Waals surface area contributed by atoms with Crippen molar-refractivity contribution in [3.05, 3.63) is 35.0 Å². The first kappa shape index (κ1) is 16.3. The molecule has 0 saturated carbocycles. The van der Waals surface area contributed by atoms with E-state index < -0.39 is 5.97 Å². The van der Waals surface area contributed by atoms with Crippen LogP contribution >= 0.6 is 0 Å². The first-order chi connectivity index (χ1) is 12.2. The normalized spacial score (nSPS) is 17.9. The first-order valence-electron chi connectivity index (χ1n) is 9.03. The van der Waals surface area contributed by atoms with Crippen LogP contribution in [-0.4, -0.2) is 55.4 Å². The monoisotopic (exact) mass is 341 g/mol. The van der Waals surface area contributed by atoms with Gasteiger partial charge in [0.25, 0.3) is 0 Å². The van der Waals surface area contributed by atoms with Crippen molar-refractivity contribution in [3.63, 3.8) is 0 Å². The number of fused-ring (bicyclic) bond motifs is 2. The number of hydrogen-bond acceptors (Lipinski definition) is 5. The number of aryl methyl sites for hydroxylation is 1. The smallest absolute Gasteiger partial charge is 0.101 e. The van der Waals surface area contributed by atoms with Crippen molar-refractivity contribution in [2.45, 2.75) is 19.3 Å². The van der Waals surface area contributed by atoms with Gasteiger partial charge >= 0.3 is 0 Å². The molecule has 0 atom stereocenters. The fraction of sp³-hybridized carbons (Fsp3) is 0.474. The highest BCUT2D eigenvalue weighted by atomic mass is 16.4. The minimum atomic E-state index is -1.15. The number of piperazine rings is 1. The SMILES string of the molecule is O=C([O-])c1ccc2nc3c(c(N4CC[NH+](CCO)CC4)c2c1)CCC3. The number of carboxylic acids is 1. The van der Waals surface area contributed by atoms with Crippen LogP contribution in [0, 0.1) is 0 Å². The van der Waals surface area contributed by atoms with E-state index in [0.717, 1.165) is 68.6 Å². The summed E-state index contributed by atoms with van der Waals surface area (Å²) >= 11 is 0. The number of pyridine rings is 1. The molecule has 1 aliphatic carbocycles. The number of anilines is 1. The van der Waals surface area contributed by atoms with Gasteiger partial charge in [-0.2, -0.15) is 0 Å². The van der Waals surface area contributed by atoms with Crippen LogP contribution in [0.25, 0.3) is 10.9 Å². The second kappa shape index (κ2) is 6.61. The van der Waals surface area contributed by atoms with Crippen molar-refractivity contribution in [3.8, 4) is 0 Å². The average molecular weight is 341 g/mol. The molecule has 2 aliphatic rings. The van der Waals surface area contributed by atoms with Crippen molar-refractivity contribution >= 4 is 22.6 Å². The Morgan fingerprint density at radius 2 is 2.08 bits per heavy atom. The molecule has 2 N–H and O–H groups in total. The van der Waals surface area contributed by atoms with Gasteiger partial charge in [0.15, 0.2) is 0 Å². The number of hydrogen-bond donors (Lipinski definition) is 2. The Bertz CT molecular complexity index is 813. The van der Waals surface area contributed by atoms with Crippen LogP contribution in [0.2, 0.25) is 0 Å². The van der Waals surface area contributed by atoms with Crippen LogP contribution in [0.4, 0.5) is 5.69 Å². The largest absolute Gasteiger partial charge is 0.545 e. The van der Waals surface area contributed by atoms with Gasteiger partial charge in [-0.25, -0.2) is 0 Å². The molecule has 4 rings (SSSR count). The fourth-order valence-electron chi connectivity index (χ4n) is 4.18. The highest BCUT2D eigenvalue weighted by Crippen LogP contribution is 2.37. The maximum absolute atomic E-state index is 11.3. The van der Waals surface area contributed by atoms with Crippen molar-refractivity contribution in [2.24, 2.45) is 0 Å². The van der Waals surface area contributed by atoms with Crippen LogP contribution in [0.3, 0.4) is 0 Å². The molecule has 1 aromatic carbocycles. The number of carbonyl (C=O) groups is 1. The molecule has 2 aromatic rings. The van der Waals surface area contributed by atoms with E-state index in [1.165, 1.54) is 16.2 Å². The van der Waals surface area contributed by atoms with E-state index in [4.69, 9.17) is 10.1 Å². The summed E-state index contributed by atoms with van der Waals surface area (Å²) in [6, 6.07) is 5.10. The van der Waals surface area contributed by atoms with Gasteiger partial charge in [-0.05, 0) is 42.5 Å². The molecular formula is C19H23N3O3. The summed E-state index contributed by atoms with van der Waals surface area (Å²) < 4.78 is 0. The van der Waals surface area contributed by atoms with E-state index >= 15 is 0 Å². The predicted molar refractivity (Wildman–Crippen MR) is 93.0 cm³/mol. The molecule has 0 amide bonds. The van der Waals surface area contributed by atoms with Gasteiger partial charge in [0.05, 0.1) is 50.0 Å². The van der Waals surface area contributed by atoms with Gasteiger partial charge in [0.1, 0.15) is 6.54 Å². The Labute approximate surface area is 146 Å². The van der Waals surface area contributed by atoms with Gasteiger partial charge in [0.2, 0.25) is 0 Å². The Morgan fingerprint density at radius 1 is 1.28 bits per heavy atom. The molecule has 25 heavy (non-hydrogen) atoms. The fourth-order valence-corrected chi connectivity index (χ4v) is 4.18. The Morgan fingerprint density at radius 3 is 2.80 bits per heavy atom. The first-order valence-corrected chi connectivity index (χ1v) is 9.03. The lowest BCUT2D eigenvalue weighted by Gasteiger charge is -2.35. The number of aromatic carboxylic acids is 1. The summed E-state index contributed by atoms with van der Waals surface area (Å²) in [5.74, 6) is -1.15. The van der Waals surface area contributed by atoms with Gasteiger partial charge in [-0.1, -0.05) is 6.07 Å². The minimum absolute atomic E-state index is 0.207. The molecule has 6 nitrogen and oxygen atoms in total. The standard InChI is InChI=1S/C19H23N3O3/c23-11-10-21-6-8-22(9-7-21)18-14-2-1-3-16(14)20-17-5-4-13(19(24)25)12-15(17)18/h4-5,12,23H,1-3,6-11H2,(H,24,25). The summed E-state index contributed by atoms with van der Waals surface area (Å²) in [5.41, 5.74) is 4.69. The zero-order valence-corrected chi connectivity index (χ0v) is 14.3. The maximum Gasteiger partial charge on any atom is 0.101 e. The number of aromatic nitrogens is 1. The highest BCUT2D eigenvalue weighted by Gasteiger charge is 2.27. The molecule has 0 bridgehead atoms. The molecule has 0 unspecified atom stereocenters. The minimum Gasteiger partial charge on any atom is -0.545 e. The number of nitrogens with zero attached hydrogens (tertiary/aromatic N) is 2. The van der Waals surface area contributed by atoms with Crippen LogP contribution in [0.1, 0.15) is 28.0 Å². The highest BCUT2D eigenvalue weighted by molar-refractivity contribution is 5.99. The average Bonchev–Trinajstić information content (AvgIpc) is 3.08. The van der Waals surface area contributed by atoms with E-state index in [2.05, 4.69) is 4.90 Å². The Hall–Kier alpha value is -2.18. The lowest BCUT2D eigenvalue weighted by Crippen LogP contribution is -3.15. The van der Waals surface area contributed by atoms with E-state index in [0.29, 0.717) is 0 Å². The van der Waals surface area contributed by atoms with Gasteiger partial charge in [-0.15, -0.1) is 0 Å². The number of benzene rings is 1. The Balaban J connectivity index is 1.78. The number of aliphatic hydroxyl groups excluding tert-OH is 1. The zero-order valence-electron chi connectivity index (χ0n) is 14.3. The van der Waals surface area contributed by atoms with Gasteiger partial charge in [0, 0.05) is 11.1 Å². The second-order valence-corrected chi connectivity index (χ2v) is 6.97. The summed E-state index contributed by atoms with van der Waals surface area (Å²) in [6.07, 6.45) is 3.11. The van der Waals surface area contributed by atoms with Crippen molar-refractivity contribution < 1.29 is 19.9 Å². The number of carbonyl (C=O) groups excluding carboxylic acids is 1. The summed E-state index contributed by atoms with van der Waals surface area (Å²) in [7, 11) is 0. The van der Waals surface area contributed by atoms with Crippen molar-refractivity contribution in [2.75, 3.05) is 44.2 Å². The topological polar surface area (TPSA) is 80.9 Å². The van der Waals surface area contributed by atoms with Gasteiger partial charge in [-0.3, -0.25) is 4.98 Å². The van der Waals surface area contributed by atoms with Crippen LogP contribution in [0.15, 0.2) is 18.2 Å². The molecule has 1 aromatic heterocycles.